The minimum absolute atomic E-state index is 0.168. The summed E-state index contributed by atoms with van der Waals surface area (Å²) in [6, 6.07) is 6.42. The average molecular weight is 219 g/mol. The van der Waals surface area contributed by atoms with Gasteiger partial charge in [0.05, 0.1) is 0 Å². The number of nitrogens with two attached hydrogens (primary N) is 1. The van der Waals surface area contributed by atoms with Crippen LogP contribution in [0.2, 0.25) is 0 Å². The highest BCUT2D eigenvalue weighted by Crippen LogP contribution is 2.34. The van der Waals surface area contributed by atoms with Gasteiger partial charge in [-0.3, -0.25) is 0 Å². The molecule has 2 nitrogen and oxygen atoms in total. The Morgan fingerprint density at radius 1 is 1.44 bits per heavy atom. The van der Waals surface area contributed by atoms with Crippen molar-refractivity contribution in [1.29, 1.82) is 0 Å². The maximum Gasteiger partial charge on any atom is 0.123 e. The van der Waals surface area contributed by atoms with Crippen molar-refractivity contribution in [2.45, 2.75) is 39.7 Å². The summed E-state index contributed by atoms with van der Waals surface area (Å²) in [5.74, 6) is 1.06. The summed E-state index contributed by atoms with van der Waals surface area (Å²) in [6.07, 6.45) is 2.35. The van der Waals surface area contributed by atoms with Crippen molar-refractivity contribution in [3.05, 3.63) is 29.3 Å². The predicted octanol–water partition coefficient (Wildman–Crippen LogP) is 2.67. The lowest BCUT2D eigenvalue weighted by Gasteiger charge is -2.25. The van der Waals surface area contributed by atoms with Gasteiger partial charge in [-0.25, -0.2) is 0 Å². The van der Waals surface area contributed by atoms with Crippen molar-refractivity contribution >= 4 is 0 Å². The van der Waals surface area contributed by atoms with Crippen LogP contribution < -0.4 is 10.5 Å². The molecule has 0 aromatic heterocycles. The van der Waals surface area contributed by atoms with Crippen LogP contribution >= 0.6 is 0 Å². The fourth-order valence-corrected chi connectivity index (χ4v) is 2.26. The lowest BCUT2D eigenvalue weighted by Crippen LogP contribution is -2.30. The molecule has 1 unspecified atom stereocenters. The molecule has 88 valence electrons. The van der Waals surface area contributed by atoms with E-state index in [9.17, 15) is 0 Å². The third-order valence-electron chi connectivity index (χ3n) is 3.29. The summed E-state index contributed by atoms with van der Waals surface area (Å²) in [6.45, 7) is 7.23. The molecule has 0 amide bonds. The fourth-order valence-electron chi connectivity index (χ4n) is 2.26. The second-order valence-corrected chi connectivity index (χ2v) is 5.63. The largest absolute Gasteiger partial charge is 0.490 e. The summed E-state index contributed by atoms with van der Waals surface area (Å²) < 4.78 is 5.94. The van der Waals surface area contributed by atoms with Crippen molar-refractivity contribution in [3.63, 3.8) is 0 Å². The smallest absolute Gasteiger partial charge is 0.123 e. The number of rotatable bonds is 3. The quantitative estimate of drug-likeness (QED) is 0.848. The second kappa shape index (κ2) is 4.10. The highest BCUT2D eigenvalue weighted by Gasteiger charge is 2.28. The number of fused-ring (bicyclic) bond motifs is 1. The highest BCUT2D eigenvalue weighted by atomic mass is 16.5. The maximum absolute atomic E-state index is 5.94. The van der Waals surface area contributed by atoms with Crippen molar-refractivity contribution in [2.24, 2.45) is 11.1 Å². The van der Waals surface area contributed by atoms with Gasteiger partial charge in [-0.2, -0.15) is 0 Å². The monoisotopic (exact) mass is 219 g/mol. The van der Waals surface area contributed by atoms with Crippen LogP contribution in [0.25, 0.3) is 0 Å². The molecule has 1 aliphatic rings. The Bertz CT molecular complexity index is 384. The second-order valence-electron chi connectivity index (χ2n) is 5.63. The molecular weight excluding hydrogens is 198 g/mol. The molecule has 1 aliphatic heterocycles. The first-order chi connectivity index (χ1) is 7.50. The van der Waals surface area contributed by atoms with Crippen LogP contribution in [0.1, 0.15) is 31.4 Å². The van der Waals surface area contributed by atoms with Crippen LogP contribution in [0, 0.1) is 12.3 Å². The van der Waals surface area contributed by atoms with Gasteiger partial charge < -0.3 is 10.5 Å². The van der Waals surface area contributed by atoms with E-state index in [1.165, 1.54) is 11.1 Å². The van der Waals surface area contributed by atoms with Gasteiger partial charge in [-0.05, 0) is 36.9 Å². The van der Waals surface area contributed by atoms with Gasteiger partial charge in [0.15, 0.2) is 0 Å². The number of hydrogen-bond acceptors (Lipinski definition) is 2. The van der Waals surface area contributed by atoms with Gasteiger partial charge in [0.2, 0.25) is 0 Å². The molecule has 1 atom stereocenters. The van der Waals surface area contributed by atoms with Crippen LogP contribution in [-0.4, -0.2) is 12.6 Å². The molecular formula is C14H21NO. The molecule has 0 bridgehead atoms. The maximum atomic E-state index is 5.94. The Labute approximate surface area is 97.8 Å². The number of aryl methyl sites for hydroxylation is 1. The first kappa shape index (κ1) is 11.5. The number of benzene rings is 1. The zero-order chi connectivity index (χ0) is 11.8. The van der Waals surface area contributed by atoms with Gasteiger partial charge in [0.25, 0.3) is 0 Å². The molecule has 0 saturated heterocycles. The normalized spacial score (nSPS) is 19.4. The van der Waals surface area contributed by atoms with Crippen LogP contribution in [0.15, 0.2) is 18.2 Å². The lowest BCUT2D eigenvalue weighted by molar-refractivity contribution is 0.161. The summed E-state index contributed by atoms with van der Waals surface area (Å²) in [5.41, 5.74) is 8.58. The molecule has 1 heterocycles. The molecule has 2 heteroatoms. The van der Waals surface area contributed by atoms with Crippen molar-refractivity contribution in [1.82, 2.24) is 0 Å². The van der Waals surface area contributed by atoms with Crippen molar-refractivity contribution in [3.8, 4) is 5.75 Å². The van der Waals surface area contributed by atoms with Gasteiger partial charge in [0.1, 0.15) is 11.9 Å². The summed E-state index contributed by atoms with van der Waals surface area (Å²) in [5, 5.41) is 0. The topological polar surface area (TPSA) is 35.2 Å². The first-order valence-electron chi connectivity index (χ1n) is 5.96. The van der Waals surface area contributed by atoms with E-state index >= 15 is 0 Å². The first-order valence-corrected chi connectivity index (χ1v) is 5.96. The zero-order valence-corrected chi connectivity index (χ0v) is 10.4. The Balaban J connectivity index is 2.06. The van der Waals surface area contributed by atoms with E-state index in [2.05, 4.69) is 39.0 Å². The van der Waals surface area contributed by atoms with E-state index in [-0.39, 0.29) is 5.41 Å². The van der Waals surface area contributed by atoms with E-state index < -0.39 is 0 Å². The molecule has 0 radical (unpaired) electrons. The number of hydrogen-bond donors (Lipinski definition) is 1. The molecule has 0 fully saturated rings. The minimum atomic E-state index is 0.168. The lowest BCUT2D eigenvalue weighted by atomic mass is 9.86. The van der Waals surface area contributed by atoms with Gasteiger partial charge in [-0.15, -0.1) is 0 Å². The zero-order valence-electron chi connectivity index (χ0n) is 10.4. The Morgan fingerprint density at radius 2 is 2.19 bits per heavy atom. The van der Waals surface area contributed by atoms with E-state index in [0.29, 0.717) is 12.6 Å². The SMILES string of the molecule is Cc1ccc2c(c1)CC(CC(C)(C)CN)O2. The number of ether oxygens (including phenoxy) is 1. The van der Waals surface area contributed by atoms with E-state index in [4.69, 9.17) is 10.5 Å². The molecule has 2 rings (SSSR count). The van der Waals surface area contributed by atoms with Crippen molar-refractivity contribution < 1.29 is 4.74 Å². The molecule has 0 aliphatic carbocycles. The van der Waals surface area contributed by atoms with E-state index in [1.54, 1.807) is 0 Å². The average Bonchev–Trinajstić information content (AvgIpc) is 2.58. The molecule has 2 N–H and O–H groups in total. The van der Waals surface area contributed by atoms with Crippen LogP contribution in [-0.2, 0) is 6.42 Å². The third kappa shape index (κ3) is 2.38. The van der Waals surface area contributed by atoms with Gasteiger partial charge >= 0.3 is 0 Å². The molecule has 0 spiro atoms. The summed E-state index contributed by atoms with van der Waals surface area (Å²) >= 11 is 0. The Kier molecular flexibility index (Phi) is 2.94. The van der Waals surface area contributed by atoms with E-state index in [1.807, 2.05) is 0 Å². The van der Waals surface area contributed by atoms with Gasteiger partial charge in [-0.1, -0.05) is 31.5 Å². The fraction of sp³-hybridized carbons (Fsp3) is 0.571. The Hall–Kier alpha value is -1.02. The minimum Gasteiger partial charge on any atom is -0.490 e. The van der Waals surface area contributed by atoms with Crippen LogP contribution in [0.3, 0.4) is 0 Å². The van der Waals surface area contributed by atoms with Gasteiger partial charge in [0, 0.05) is 6.42 Å². The van der Waals surface area contributed by atoms with Crippen LogP contribution in [0.5, 0.6) is 5.75 Å². The third-order valence-corrected chi connectivity index (χ3v) is 3.29. The molecule has 1 aromatic carbocycles. The predicted molar refractivity (Wildman–Crippen MR) is 66.8 cm³/mol. The van der Waals surface area contributed by atoms with Crippen LogP contribution in [0.4, 0.5) is 0 Å². The molecule has 16 heavy (non-hydrogen) atoms. The van der Waals surface area contributed by atoms with Crippen molar-refractivity contribution in [2.75, 3.05) is 6.54 Å². The highest BCUT2D eigenvalue weighted by molar-refractivity contribution is 5.40. The standard InChI is InChI=1S/C14H21NO/c1-10-4-5-13-11(6-10)7-12(16-13)8-14(2,3)9-15/h4-6,12H,7-9,15H2,1-3H3. The van der Waals surface area contributed by atoms with E-state index in [0.717, 1.165) is 18.6 Å². The summed E-state index contributed by atoms with van der Waals surface area (Å²) in [7, 11) is 0. The summed E-state index contributed by atoms with van der Waals surface area (Å²) in [4.78, 5) is 0. The molecule has 1 aromatic rings. The Morgan fingerprint density at radius 3 is 2.88 bits per heavy atom. The molecule has 0 saturated carbocycles.